The molecule has 1 aromatic carbocycles. The Kier molecular flexibility index (Phi) is 2.98. The van der Waals surface area contributed by atoms with Crippen LogP contribution in [0.1, 0.15) is 26.3 Å². The van der Waals surface area contributed by atoms with Crippen LogP contribution in [0.15, 0.2) is 18.2 Å². The molecule has 0 radical (unpaired) electrons. The highest BCUT2D eigenvalue weighted by atomic mass is 16.6. The predicted molar refractivity (Wildman–Crippen MR) is 61.3 cm³/mol. The topological polar surface area (TPSA) is 55.2 Å². The van der Waals surface area contributed by atoms with E-state index in [0.717, 1.165) is 5.56 Å². The standard InChI is InChI=1S/C11H16N2O2/c1-11(2,3)8-5-6-9(12-4)10(7-8)13(14)15/h5-7,12H,1-4H3. The van der Waals surface area contributed by atoms with Crippen molar-refractivity contribution in [3.63, 3.8) is 0 Å². The van der Waals surface area contributed by atoms with Crippen molar-refractivity contribution in [2.45, 2.75) is 26.2 Å². The highest BCUT2D eigenvalue weighted by molar-refractivity contribution is 5.62. The summed E-state index contributed by atoms with van der Waals surface area (Å²) in [7, 11) is 1.68. The van der Waals surface area contributed by atoms with Crippen LogP contribution in [0.2, 0.25) is 0 Å². The molecular weight excluding hydrogens is 192 g/mol. The third-order valence-corrected chi connectivity index (χ3v) is 2.33. The van der Waals surface area contributed by atoms with Crippen molar-refractivity contribution in [1.82, 2.24) is 0 Å². The molecule has 0 unspecified atom stereocenters. The minimum atomic E-state index is -0.360. The minimum absolute atomic E-state index is 0.0724. The second-order valence-electron chi connectivity index (χ2n) is 4.49. The van der Waals surface area contributed by atoms with Gasteiger partial charge < -0.3 is 5.32 Å². The fourth-order valence-corrected chi connectivity index (χ4v) is 1.36. The van der Waals surface area contributed by atoms with Crippen molar-refractivity contribution in [3.05, 3.63) is 33.9 Å². The van der Waals surface area contributed by atoms with Crippen LogP contribution in [0.25, 0.3) is 0 Å². The van der Waals surface area contributed by atoms with E-state index in [1.807, 2.05) is 26.8 Å². The van der Waals surface area contributed by atoms with Crippen LogP contribution in [0.5, 0.6) is 0 Å². The summed E-state index contributed by atoms with van der Waals surface area (Å²) < 4.78 is 0. The second kappa shape index (κ2) is 3.88. The average Bonchev–Trinajstić information content (AvgIpc) is 2.15. The van der Waals surface area contributed by atoms with Gasteiger partial charge >= 0.3 is 0 Å². The van der Waals surface area contributed by atoms with Crippen molar-refractivity contribution in [3.8, 4) is 0 Å². The molecule has 1 rings (SSSR count). The summed E-state index contributed by atoms with van der Waals surface area (Å²) in [5.41, 5.74) is 1.57. The zero-order valence-electron chi connectivity index (χ0n) is 9.50. The molecule has 82 valence electrons. The molecule has 0 bridgehead atoms. The van der Waals surface area contributed by atoms with Gasteiger partial charge in [0.1, 0.15) is 5.69 Å². The van der Waals surface area contributed by atoms with Crippen molar-refractivity contribution in [2.75, 3.05) is 12.4 Å². The first-order valence-corrected chi connectivity index (χ1v) is 4.83. The smallest absolute Gasteiger partial charge is 0.292 e. The van der Waals surface area contributed by atoms with Crippen LogP contribution in [-0.2, 0) is 5.41 Å². The SMILES string of the molecule is CNc1ccc(C(C)(C)C)cc1[N+](=O)[O-]. The Morgan fingerprint density at radius 3 is 2.33 bits per heavy atom. The molecule has 0 heterocycles. The molecule has 0 saturated heterocycles. The summed E-state index contributed by atoms with van der Waals surface area (Å²) in [5, 5.41) is 13.6. The lowest BCUT2D eigenvalue weighted by Crippen LogP contribution is -2.11. The molecular formula is C11H16N2O2. The van der Waals surface area contributed by atoms with Crippen molar-refractivity contribution in [1.29, 1.82) is 0 Å². The molecule has 15 heavy (non-hydrogen) atoms. The van der Waals surface area contributed by atoms with Gasteiger partial charge in [-0.1, -0.05) is 26.8 Å². The van der Waals surface area contributed by atoms with Gasteiger partial charge in [-0.05, 0) is 17.0 Å². The fourth-order valence-electron chi connectivity index (χ4n) is 1.36. The van der Waals surface area contributed by atoms with Crippen LogP contribution >= 0.6 is 0 Å². The molecule has 0 atom stereocenters. The number of nitro groups is 1. The molecule has 0 aromatic heterocycles. The maximum Gasteiger partial charge on any atom is 0.292 e. The van der Waals surface area contributed by atoms with Crippen molar-refractivity contribution >= 4 is 11.4 Å². The highest BCUT2D eigenvalue weighted by Gasteiger charge is 2.19. The van der Waals surface area contributed by atoms with Gasteiger partial charge in [-0.15, -0.1) is 0 Å². The Balaban J connectivity index is 3.28. The molecule has 0 saturated carbocycles. The summed E-state index contributed by atoms with van der Waals surface area (Å²) >= 11 is 0. The molecule has 0 fully saturated rings. The lowest BCUT2D eigenvalue weighted by Gasteiger charge is -2.19. The largest absolute Gasteiger partial charge is 0.383 e. The number of hydrogen-bond donors (Lipinski definition) is 1. The van der Waals surface area contributed by atoms with E-state index in [1.165, 1.54) is 0 Å². The number of hydrogen-bond acceptors (Lipinski definition) is 3. The monoisotopic (exact) mass is 208 g/mol. The van der Waals surface area contributed by atoms with E-state index in [-0.39, 0.29) is 16.0 Å². The van der Waals surface area contributed by atoms with E-state index in [0.29, 0.717) is 5.69 Å². The summed E-state index contributed by atoms with van der Waals surface area (Å²) in [6, 6.07) is 5.30. The number of nitrogens with one attached hydrogen (secondary N) is 1. The Morgan fingerprint density at radius 2 is 1.93 bits per heavy atom. The first kappa shape index (κ1) is 11.5. The summed E-state index contributed by atoms with van der Waals surface area (Å²) in [6.07, 6.45) is 0. The van der Waals surface area contributed by atoms with Gasteiger partial charge in [0.25, 0.3) is 5.69 Å². The Labute approximate surface area is 89.5 Å². The van der Waals surface area contributed by atoms with Gasteiger partial charge in [-0.3, -0.25) is 10.1 Å². The molecule has 0 amide bonds. The summed E-state index contributed by atoms with van der Waals surface area (Å²) in [5.74, 6) is 0. The molecule has 0 aliphatic heterocycles. The number of nitrogens with zero attached hydrogens (tertiary/aromatic N) is 1. The maximum absolute atomic E-state index is 10.8. The summed E-state index contributed by atoms with van der Waals surface area (Å²) in [4.78, 5) is 10.5. The Bertz CT molecular complexity index is 381. The van der Waals surface area contributed by atoms with E-state index in [2.05, 4.69) is 5.32 Å². The molecule has 1 aromatic rings. The predicted octanol–water partition coefficient (Wildman–Crippen LogP) is 2.93. The molecule has 0 aliphatic carbocycles. The Hall–Kier alpha value is -1.58. The van der Waals surface area contributed by atoms with Gasteiger partial charge in [0, 0.05) is 13.1 Å². The van der Waals surface area contributed by atoms with E-state index in [9.17, 15) is 10.1 Å². The number of nitro benzene ring substituents is 1. The molecule has 4 heteroatoms. The van der Waals surface area contributed by atoms with Crippen LogP contribution in [0.3, 0.4) is 0 Å². The van der Waals surface area contributed by atoms with Crippen molar-refractivity contribution < 1.29 is 4.92 Å². The van der Waals surface area contributed by atoms with Crippen LogP contribution in [0.4, 0.5) is 11.4 Å². The van der Waals surface area contributed by atoms with Gasteiger partial charge in [-0.25, -0.2) is 0 Å². The van der Waals surface area contributed by atoms with E-state index in [1.54, 1.807) is 19.2 Å². The maximum atomic E-state index is 10.8. The van der Waals surface area contributed by atoms with Crippen LogP contribution in [0, 0.1) is 10.1 Å². The van der Waals surface area contributed by atoms with Gasteiger partial charge in [0.15, 0.2) is 0 Å². The second-order valence-corrected chi connectivity index (χ2v) is 4.49. The van der Waals surface area contributed by atoms with Crippen LogP contribution < -0.4 is 5.32 Å². The molecule has 0 aliphatic rings. The van der Waals surface area contributed by atoms with Gasteiger partial charge in [0.05, 0.1) is 4.92 Å². The Morgan fingerprint density at radius 1 is 1.33 bits per heavy atom. The lowest BCUT2D eigenvalue weighted by atomic mass is 9.86. The van der Waals surface area contributed by atoms with Gasteiger partial charge in [-0.2, -0.15) is 0 Å². The van der Waals surface area contributed by atoms with E-state index >= 15 is 0 Å². The quantitative estimate of drug-likeness (QED) is 0.600. The number of benzene rings is 1. The normalized spacial score (nSPS) is 11.2. The molecule has 4 nitrogen and oxygen atoms in total. The average molecular weight is 208 g/mol. The zero-order chi connectivity index (χ0) is 11.6. The minimum Gasteiger partial charge on any atom is -0.383 e. The van der Waals surface area contributed by atoms with Crippen LogP contribution in [-0.4, -0.2) is 12.0 Å². The number of anilines is 1. The highest BCUT2D eigenvalue weighted by Crippen LogP contribution is 2.30. The van der Waals surface area contributed by atoms with E-state index in [4.69, 9.17) is 0 Å². The zero-order valence-corrected chi connectivity index (χ0v) is 9.50. The number of rotatable bonds is 2. The van der Waals surface area contributed by atoms with Gasteiger partial charge in [0.2, 0.25) is 0 Å². The summed E-state index contributed by atoms with van der Waals surface area (Å²) in [6.45, 7) is 6.10. The molecule has 1 N–H and O–H groups in total. The third kappa shape index (κ3) is 2.46. The first-order valence-electron chi connectivity index (χ1n) is 4.83. The molecule has 0 spiro atoms. The van der Waals surface area contributed by atoms with E-state index < -0.39 is 0 Å². The van der Waals surface area contributed by atoms with Crippen molar-refractivity contribution in [2.24, 2.45) is 0 Å². The lowest BCUT2D eigenvalue weighted by molar-refractivity contribution is -0.384. The first-order chi connectivity index (χ1) is 6.86. The third-order valence-electron chi connectivity index (χ3n) is 2.33. The fraction of sp³-hybridized carbons (Fsp3) is 0.455.